The molecule has 6 heteroatoms. The van der Waals surface area contributed by atoms with E-state index in [1.807, 2.05) is 25.9 Å². The molecule has 0 spiro atoms. The number of halogens is 1. The summed E-state index contributed by atoms with van der Waals surface area (Å²) < 4.78 is 37.7. The highest BCUT2D eigenvalue weighted by Crippen LogP contribution is 2.23. The van der Waals surface area contributed by atoms with Gasteiger partial charge in [-0.3, -0.25) is 0 Å². The number of sulfone groups is 1. The van der Waals surface area contributed by atoms with E-state index in [1.165, 1.54) is 24.3 Å². The number of amidine groups is 1. The van der Waals surface area contributed by atoms with Gasteiger partial charge in [0.05, 0.1) is 15.5 Å². The lowest BCUT2D eigenvalue weighted by atomic mass is 10.3. The van der Waals surface area contributed by atoms with Crippen LogP contribution in [0.3, 0.4) is 0 Å². The van der Waals surface area contributed by atoms with Crippen LogP contribution in [0.2, 0.25) is 0 Å². The fourth-order valence-corrected chi connectivity index (χ4v) is 3.00. The molecule has 0 radical (unpaired) electrons. The zero-order chi connectivity index (χ0) is 16.3. The lowest BCUT2D eigenvalue weighted by molar-refractivity contribution is 0.595. The largest absolute Gasteiger partial charge is 0.366 e. The highest BCUT2D eigenvalue weighted by molar-refractivity contribution is 7.91. The van der Waals surface area contributed by atoms with Crippen molar-refractivity contribution >= 4 is 21.4 Å². The van der Waals surface area contributed by atoms with Crippen LogP contribution in [0, 0.1) is 5.82 Å². The van der Waals surface area contributed by atoms with Crippen molar-refractivity contribution in [3.63, 3.8) is 0 Å². The van der Waals surface area contributed by atoms with Crippen molar-refractivity contribution in [3.8, 4) is 0 Å². The first-order valence-electron chi connectivity index (χ1n) is 6.64. The quantitative estimate of drug-likeness (QED) is 0.495. The molecule has 4 nitrogen and oxygen atoms in total. The minimum atomic E-state index is -3.64. The predicted molar refractivity (Wildman–Crippen MR) is 84.7 cm³/mol. The third-order valence-electron chi connectivity index (χ3n) is 3.21. The Labute approximate surface area is 129 Å². The first-order valence-corrected chi connectivity index (χ1v) is 8.12. The number of hydrogen-bond acceptors (Lipinski definition) is 3. The molecule has 0 unspecified atom stereocenters. The minimum absolute atomic E-state index is 0.0645. The summed E-state index contributed by atoms with van der Waals surface area (Å²) in [5.74, 6) is 0.344. The maximum atomic E-state index is 12.9. The van der Waals surface area contributed by atoms with Gasteiger partial charge in [-0.25, -0.2) is 17.8 Å². The molecule has 2 rings (SSSR count). The number of hydrogen-bond donors (Lipinski definition) is 0. The Bertz CT molecular complexity index is 780. The summed E-state index contributed by atoms with van der Waals surface area (Å²) in [6.07, 6.45) is 0. The molecule has 0 aromatic heterocycles. The number of aliphatic imine (C=N–C) groups is 1. The SMILES string of the molecule is C/C(=N\c1ccc(S(=O)(=O)c2ccc(F)cc2)cc1)N(C)C. The summed E-state index contributed by atoms with van der Waals surface area (Å²) >= 11 is 0. The van der Waals surface area contributed by atoms with Gasteiger partial charge >= 0.3 is 0 Å². The molecular weight excluding hydrogens is 303 g/mol. The van der Waals surface area contributed by atoms with E-state index >= 15 is 0 Å². The van der Waals surface area contributed by atoms with Crippen LogP contribution in [0.25, 0.3) is 0 Å². The summed E-state index contributed by atoms with van der Waals surface area (Å²) in [6, 6.07) is 11.1. The molecule has 0 bridgehead atoms. The van der Waals surface area contributed by atoms with Gasteiger partial charge in [0.25, 0.3) is 0 Å². The monoisotopic (exact) mass is 320 g/mol. The van der Waals surface area contributed by atoms with Crippen LogP contribution in [-0.4, -0.2) is 33.2 Å². The Hall–Kier alpha value is -2.21. The van der Waals surface area contributed by atoms with E-state index in [0.29, 0.717) is 5.69 Å². The van der Waals surface area contributed by atoms with Gasteiger partial charge in [0, 0.05) is 14.1 Å². The summed E-state index contributed by atoms with van der Waals surface area (Å²) in [6.45, 7) is 1.86. The summed E-state index contributed by atoms with van der Waals surface area (Å²) in [7, 11) is 0.119. The van der Waals surface area contributed by atoms with E-state index < -0.39 is 15.7 Å². The predicted octanol–water partition coefficient (Wildman–Crippen LogP) is 3.27. The Morgan fingerprint density at radius 1 is 0.955 bits per heavy atom. The summed E-state index contributed by atoms with van der Waals surface area (Å²) in [5, 5.41) is 0. The van der Waals surface area contributed by atoms with Gasteiger partial charge in [-0.1, -0.05) is 0 Å². The molecule has 0 amide bonds. The first-order chi connectivity index (χ1) is 10.3. The van der Waals surface area contributed by atoms with E-state index in [9.17, 15) is 12.8 Å². The topological polar surface area (TPSA) is 49.7 Å². The van der Waals surface area contributed by atoms with Crippen molar-refractivity contribution in [2.24, 2.45) is 4.99 Å². The molecule has 116 valence electrons. The minimum Gasteiger partial charge on any atom is -0.366 e. The van der Waals surface area contributed by atoms with Gasteiger partial charge in [-0.2, -0.15) is 0 Å². The molecule has 0 aliphatic heterocycles. The highest BCUT2D eigenvalue weighted by Gasteiger charge is 2.17. The molecule has 0 fully saturated rings. The molecule has 0 saturated carbocycles. The first kappa shape index (κ1) is 16.2. The van der Waals surface area contributed by atoms with Crippen LogP contribution < -0.4 is 0 Å². The van der Waals surface area contributed by atoms with E-state index in [0.717, 1.165) is 18.0 Å². The Kier molecular flexibility index (Phi) is 4.61. The highest BCUT2D eigenvalue weighted by atomic mass is 32.2. The van der Waals surface area contributed by atoms with Crippen molar-refractivity contribution in [2.45, 2.75) is 16.7 Å². The average Bonchev–Trinajstić information content (AvgIpc) is 2.48. The van der Waals surface area contributed by atoms with Gasteiger partial charge in [-0.15, -0.1) is 0 Å². The van der Waals surface area contributed by atoms with Gasteiger partial charge in [0.2, 0.25) is 9.84 Å². The molecule has 22 heavy (non-hydrogen) atoms. The van der Waals surface area contributed by atoms with Gasteiger partial charge in [-0.05, 0) is 55.5 Å². The average molecular weight is 320 g/mol. The zero-order valence-electron chi connectivity index (χ0n) is 12.6. The van der Waals surface area contributed by atoms with Crippen molar-refractivity contribution in [1.82, 2.24) is 4.90 Å². The molecule has 2 aromatic carbocycles. The second kappa shape index (κ2) is 6.27. The Balaban J connectivity index is 2.34. The van der Waals surface area contributed by atoms with E-state index in [-0.39, 0.29) is 9.79 Å². The van der Waals surface area contributed by atoms with E-state index in [1.54, 1.807) is 12.1 Å². The van der Waals surface area contributed by atoms with Crippen LogP contribution in [0.5, 0.6) is 0 Å². The van der Waals surface area contributed by atoms with Crippen LogP contribution in [0.1, 0.15) is 6.92 Å². The normalized spacial score (nSPS) is 12.3. The molecule has 0 heterocycles. The molecular formula is C16H17FN2O2S. The van der Waals surface area contributed by atoms with Crippen molar-refractivity contribution in [3.05, 3.63) is 54.3 Å². The molecule has 2 aromatic rings. The molecule has 0 atom stereocenters. The summed E-state index contributed by atoms with van der Waals surface area (Å²) in [4.78, 5) is 6.45. The van der Waals surface area contributed by atoms with Crippen LogP contribution in [0.15, 0.2) is 63.3 Å². The number of rotatable bonds is 3. The Morgan fingerprint density at radius 2 is 1.41 bits per heavy atom. The molecule has 0 aliphatic carbocycles. The maximum Gasteiger partial charge on any atom is 0.206 e. The standard InChI is InChI=1S/C16H17FN2O2S/c1-12(19(2)3)18-14-6-10-16(11-7-14)22(20,21)15-8-4-13(17)5-9-15/h4-11H,1-3H3/b18-12+. The van der Waals surface area contributed by atoms with Crippen molar-refractivity contribution in [1.29, 1.82) is 0 Å². The van der Waals surface area contributed by atoms with Crippen LogP contribution in [-0.2, 0) is 9.84 Å². The van der Waals surface area contributed by atoms with Crippen molar-refractivity contribution < 1.29 is 12.8 Å². The van der Waals surface area contributed by atoms with Crippen LogP contribution >= 0.6 is 0 Å². The Morgan fingerprint density at radius 3 is 1.86 bits per heavy atom. The third-order valence-corrected chi connectivity index (χ3v) is 4.99. The second-order valence-corrected chi connectivity index (χ2v) is 6.95. The lowest BCUT2D eigenvalue weighted by Crippen LogP contribution is -2.17. The smallest absolute Gasteiger partial charge is 0.206 e. The van der Waals surface area contributed by atoms with Crippen LogP contribution in [0.4, 0.5) is 10.1 Å². The van der Waals surface area contributed by atoms with E-state index in [4.69, 9.17) is 0 Å². The van der Waals surface area contributed by atoms with Gasteiger partial charge in [0.1, 0.15) is 11.7 Å². The fraction of sp³-hybridized carbons (Fsp3) is 0.188. The maximum absolute atomic E-state index is 12.9. The second-order valence-electron chi connectivity index (χ2n) is 5.00. The van der Waals surface area contributed by atoms with Gasteiger partial charge < -0.3 is 4.90 Å². The van der Waals surface area contributed by atoms with Gasteiger partial charge in [0.15, 0.2) is 0 Å². The summed E-state index contributed by atoms with van der Waals surface area (Å²) in [5.41, 5.74) is 0.671. The lowest BCUT2D eigenvalue weighted by Gasteiger charge is -2.11. The third kappa shape index (κ3) is 3.51. The van der Waals surface area contributed by atoms with Crippen molar-refractivity contribution in [2.75, 3.05) is 14.1 Å². The molecule has 0 N–H and O–H groups in total. The zero-order valence-corrected chi connectivity index (χ0v) is 13.4. The number of benzene rings is 2. The fourth-order valence-electron chi connectivity index (χ4n) is 1.74. The molecule has 0 aliphatic rings. The number of nitrogens with zero attached hydrogens (tertiary/aromatic N) is 2. The molecule has 0 saturated heterocycles. The van der Waals surface area contributed by atoms with E-state index in [2.05, 4.69) is 4.99 Å².